The molecule has 0 radical (unpaired) electrons. The number of aromatic nitrogens is 2. The summed E-state index contributed by atoms with van der Waals surface area (Å²) >= 11 is 0. The van der Waals surface area contributed by atoms with Gasteiger partial charge in [-0.2, -0.15) is 0 Å². The summed E-state index contributed by atoms with van der Waals surface area (Å²) in [5.74, 6) is -0.518. The Kier molecular flexibility index (Phi) is 8.96. The van der Waals surface area contributed by atoms with Gasteiger partial charge in [0.1, 0.15) is 17.3 Å². The number of pyridine rings is 1. The highest BCUT2D eigenvalue weighted by Gasteiger charge is 2.31. The van der Waals surface area contributed by atoms with Crippen LogP contribution in [0.4, 0.5) is 4.79 Å². The van der Waals surface area contributed by atoms with Crippen LogP contribution in [-0.2, 0) is 30.2 Å². The van der Waals surface area contributed by atoms with Crippen molar-refractivity contribution in [3.63, 3.8) is 0 Å². The molecule has 10 heteroatoms. The van der Waals surface area contributed by atoms with Gasteiger partial charge >= 0.3 is 6.09 Å². The number of ether oxygens (including phenoxy) is 3. The molecule has 2 aromatic heterocycles. The Labute approximate surface area is 222 Å². The summed E-state index contributed by atoms with van der Waals surface area (Å²) in [5.41, 5.74) is 2.31. The smallest absolute Gasteiger partial charge is 0.407 e. The number of nitrogens with zero attached hydrogens (tertiary/aromatic N) is 2. The SMILES string of the molecule is CC(C)(C)OC(=O)NCCOCCOCCCc1ccnc2c1c1ccccc1n2C1CCC(=O)NC1=O. The lowest BCUT2D eigenvalue weighted by atomic mass is 10.0. The summed E-state index contributed by atoms with van der Waals surface area (Å²) in [6, 6.07) is 9.53. The second kappa shape index (κ2) is 12.4. The van der Waals surface area contributed by atoms with E-state index in [0.717, 1.165) is 40.3 Å². The van der Waals surface area contributed by atoms with Crippen molar-refractivity contribution in [1.29, 1.82) is 0 Å². The van der Waals surface area contributed by atoms with Crippen molar-refractivity contribution in [3.05, 3.63) is 42.1 Å². The molecule has 1 unspecified atom stereocenters. The average Bonchev–Trinajstić information content (AvgIpc) is 3.19. The van der Waals surface area contributed by atoms with Crippen LogP contribution < -0.4 is 10.6 Å². The van der Waals surface area contributed by atoms with Crippen LogP contribution in [0.25, 0.3) is 21.9 Å². The van der Waals surface area contributed by atoms with E-state index in [2.05, 4.69) is 21.7 Å². The van der Waals surface area contributed by atoms with E-state index < -0.39 is 17.7 Å². The molecule has 4 rings (SSSR count). The van der Waals surface area contributed by atoms with E-state index in [1.54, 1.807) is 6.20 Å². The lowest BCUT2D eigenvalue weighted by Crippen LogP contribution is -2.41. The van der Waals surface area contributed by atoms with E-state index in [1.165, 1.54) is 0 Å². The molecule has 38 heavy (non-hydrogen) atoms. The predicted octanol–water partition coefficient (Wildman–Crippen LogP) is 3.66. The fourth-order valence-electron chi connectivity index (χ4n) is 4.65. The Hall–Kier alpha value is -3.50. The van der Waals surface area contributed by atoms with Crippen LogP contribution in [0.15, 0.2) is 36.5 Å². The average molecular weight is 525 g/mol. The summed E-state index contributed by atoms with van der Waals surface area (Å²) in [5, 5.41) is 7.20. The number of nitrogens with one attached hydrogen (secondary N) is 2. The molecule has 1 saturated heterocycles. The number of benzene rings is 1. The Morgan fingerprint density at radius 3 is 2.63 bits per heavy atom. The Morgan fingerprint density at radius 1 is 1.11 bits per heavy atom. The van der Waals surface area contributed by atoms with Crippen molar-refractivity contribution in [2.75, 3.05) is 33.0 Å². The van der Waals surface area contributed by atoms with E-state index in [1.807, 2.05) is 49.6 Å². The number of carbonyl (C=O) groups excluding carboxylic acids is 3. The molecule has 0 aliphatic carbocycles. The van der Waals surface area contributed by atoms with Crippen LogP contribution in [-0.4, -0.2) is 66.0 Å². The molecule has 1 fully saturated rings. The Bertz CT molecular complexity index is 1300. The van der Waals surface area contributed by atoms with Crippen molar-refractivity contribution >= 4 is 39.8 Å². The monoisotopic (exact) mass is 524 g/mol. The van der Waals surface area contributed by atoms with Crippen molar-refractivity contribution < 1.29 is 28.6 Å². The second-order valence-electron chi connectivity index (χ2n) is 10.3. The quantitative estimate of drug-likeness (QED) is 0.290. The summed E-state index contributed by atoms with van der Waals surface area (Å²) < 4.78 is 18.4. The van der Waals surface area contributed by atoms with Gasteiger partial charge in [-0.05, 0) is 57.7 Å². The maximum absolute atomic E-state index is 12.7. The maximum Gasteiger partial charge on any atom is 0.407 e. The van der Waals surface area contributed by atoms with Crippen molar-refractivity contribution in [2.45, 2.75) is 58.1 Å². The van der Waals surface area contributed by atoms with Gasteiger partial charge in [-0.15, -0.1) is 0 Å². The highest BCUT2D eigenvalue weighted by Crippen LogP contribution is 2.35. The molecule has 0 spiro atoms. The zero-order chi connectivity index (χ0) is 27.1. The van der Waals surface area contributed by atoms with Crippen LogP contribution in [0.5, 0.6) is 0 Å². The molecule has 2 N–H and O–H groups in total. The van der Waals surface area contributed by atoms with Gasteiger partial charge in [-0.1, -0.05) is 18.2 Å². The number of alkyl carbamates (subject to hydrolysis) is 1. The number of piperidine rings is 1. The molecule has 3 amide bonds. The summed E-state index contributed by atoms with van der Waals surface area (Å²) in [6.07, 6.45) is 3.70. The van der Waals surface area contributed by atoms with Gasteiger partial charge in [-0.25, -0.2) is 9.78 Å². The number of aryl methyl sites for hydroxylation is 1. The molecule has 1 aliphatic rings. The lowest BCUT2D eigenvalue weighted by molar-refractivity contribution is -0.135. The molecule has 1 aromatic carbocycles. The van der Waals surface area contributed by atoms with Crippen molar-refractivity contribution in [2.24, 2.45) is 0 Å². The third-order valence-electron chi connectivity index (χ3n) is 6.22. The number of para-hydroxylation sites is 1. The molecule has 3 heterocycles. The van der Waals surface area contributed by atoms with Gasteiger partial charge < -0.3 is 24.1 Å². The maximum atomic E-state index is 12.7. The molecule has 204 valence electrons. The second-order valence-corrected chi connectivity index (χ2v) is 10.3. The number of amides is 3. The van der Waals surface area contributed by atoms with Crippen LogP contribution in [0.2, 0.25) is 0 Å². The van der Waals surface area contributed by atoms with E-state index in [9.17, 15) is 14.4 Å². The molecule has 0 saturated carbocycles. The van der Waals surface area contributed by atoms with Gasteiger partial charge in [0, 0.05) is 36.5 Å². The number of imide groups is 1. The first-order valence-electron chi connectivity index (χ1n) is 13.1. The van der Waals surface area contributed by atoms with Crippen molar-refractivity contribution in [1.82, 2.24) is 20.2 Å². The third kappa shape index (κ3) is 6.87. The number of hydrogen-bond donors (Lipinski definition) is 2. The highest BCUT2D eigenvalue weighted by atomic mass is 16.6. The molecular formula is C28H36N4O6. The molecule has 1 atom stereocenters. The van der Waals surface area contributed by atoms with E-state index in [0.29, 0.717) is 45.8 Å². The topological polar surface area (TPSA) is 121 Å². The number of hydrogen-bond acceptors (Lipinski definition) is 7. The zero-order valence-electron chi connectivity index (χ0n) is 22.2. The molecule has 0 bridgehead atoms. The minimum absolute atomic E-state index is 0.233. The zero-order valence-corrected chi connectivity index (χ0v) is 22.2. The first-order valence-corrected chi connectivity index (χ1v) is 13.1. The van der Waals surface area contributed by atoms with Gasteiger partial charge in [0.05, 0.1) is 25.3 Å². The predicted molar refractivity (Wildman–Crippen MR) is 143 cm³/mol. The van der Waals surface area contributed by atoms with E-state index in [-0.39, 0.29) is 11.8 Å². The normalized spacial score (nSPS) is 16.1. The largest absolute Gasteiger partial charge is 0.444 e. The molecule has 10 nitrogen and oxygen atoms in total. The van der Waals surface area contributed by atoms with Gasteiger partial charge in [0.25, 0.3) is 0 Å². The minimum Gasteiger partial charge on any atom is -0.444 e. The summed E-state index contributed by atoms with van der Waals surface area (Å²) in [6.45, 7) is 7.69. The van der Waals surface area contributed by atoms with Crippen molar-refractivity contribution in [3.8, 4) is 0 Å². The number of fused-ring (bicyclic) bond motifs is 3. The van der Waals surface area contributed by atoms with Gasteiger partial charge in [0.2, 0.25) is 11.8 Å². The van der Waals surface area contributed by atoms with Gasteiger partial charge in [0.15, 0.2) is 0 Å². The fraction of sp³-hybridized carbons (Fsp3) is 0.500. The van der Waals surface area contributed by atoms with Crippen LogP contribution >= 0.6 is 0 Å². The first kappa shape index (κ1) is 27.5. The Morgan fingerprint density at radius 2 is 1.87 bits per heavy atom. The lowest BCUT2D eigenvalue weighted by Gasteiger charge is -2.23. The third-order valence-corrected chi connectivity index (χ3v) is 6.22. The van der Waals surface area contributed by atoms with Crippen LogP contribution in [0.1, 0.15) is 51.6 Å². The van der Waals surface area contributed by atoms with Crippen LogP contribution in [0.3, 0.4) is 0 Å². The highest BCUT2D eigenvalue weighted by molar-refractivity contribution is 6.10. The first-order chi connectivity index (χ1) is 18.2. The molecule has 3 aromatic rings. The van der Waals surface area contributed by atoms with E-state index >= 15 is 0 Å². The summed E-state index contributed by atoms with van der Waals surface area (Å²) in [4.78, 5) is 40.6. The molecular weight excluding hydrogens is 488 g/mol. The van der Waals surface area contributed by atoms with E-state index in [4.69, 9.17) is 14.2 Å². The summed E-state index contributed by atoms with van der Waals surface area (Å²) in [7, 11) is 0. The Balaban J connectivity index is 1.28. The van der Waals surface area contributed by atoms with Crippen LogP contribution in [0, 0.1) is 0 Å². The molecule has 1 aliphatic heterocycles. The fourth-order valence-corrected chi connectivity index (χ4v) is 4.65. The number of carbonyl (C=O) groups is 3. The minimum atomic E-state index is -0.522. The number of rotatable bonds is 11. The standard InChI is InChI=1S/C28H36N4O6/c1-28(2,3)38-27(35)30-14-16-37-18-17-36-15-6-7-19-12-13-29-25-24(19)20-8-4-5-9-21(20)32(25)22-10-11-23(33)31-26(22)34/h4-5,8-9,12-13,22H,6-7,10-11,14-18H2,1-3H3,(H,30,35)(H,31,33,34). The van der Waals surface area contributed by atoms with Gasteiger partial charge in [-0.3, -0.25) is 14.9 Å².